The molecule has 6 N–H and O–H groups in total. The van der Waals surface area contributed by atoms with Crippen LogP contribution in [0.5, 0.6) is 0 Å². The molecule has 10 unspecified atom stereocenters. The Morgan fingerprint density at radius 3 is 1.11 bits per heavy atom. The summed E-state index contributed by atoms with van der Waals surface area (Å²) >= 11 is 4.79. The molecule has 9 aromatic rings. The number of hydrogen-bond acceptors (Lipinski definition) is 18. The topological polar surface area (TPSA) is 309 Å². The molecule has 0 spiro atoms. The Bertz CT molecular complexity index is 5530. The van der Waals surface area contributed by atoms with Crippen LogP contribution in [0.2, 0.25) is 0 Å². The molecule has 3 saturated heterocycles. The summed E-state index contributed by atoms with van der Waals surface area (Å²) in [6.07, 6.45) is -2.21. The fourth-order valence-corrected chi connectivity index (χ4v) is 21.4. The van der Waals surface area contributed by atoms with E-state index in [-0.39, 0.29) is 146 Å². The van der Waals surface area contributed by atoms with E-state index in [0.717, 1.165) is 87.3 Å². The average Bonchev–Trinajstić information content (AvgIpc) is 1.62. The van der Waals surface area contributed by atoms with E-state index in [9.17, 15) is 67.3 Å². The Balaban J connectivity index is 0.000000165. The molecule has 0 aliphatic carbocycles. The third-order valence-electron chi connectivity index (χ3n) is 25.4. The number of benzene rings is 6. The first kappa shape index (κ1) is 95.8. The molecule has 0 radical (unpaired) electrons. The van der Waals surface area contributed by atoms with Gasteiger partial charge in [0, 0.05) is 77.2 Å². The number of nitrogens with one attached hydrogen (secondary N) is 3. The summed E-state index contributed by atoms with van der Waals surface area (Å²) in [5.41, 5.74) is 19.9. The number of fused-ring (bicyclic) bond motifs is 3. The Labute approximate surface area is 766 Å². The highest BCUT2D eigenvalue weighted by atomic mass is 32.1. The number of carbonyl (C=O) groups excluding carboxylic acids is 9. The minimum atomic E-state index is -0.907. The van der Waals surface area contributed by atoms with Crippen molar-refractivity contribution >= 4 is 87.2 Å². The van der Waals surface area contributed by atoms with Crippen LogP contribution < -0.4 is 16.0 Å². The minimum Gasteiger partial charge on any atom is -0.391 e. The highest BCUT2D eigenvalue weighted by molar-refractivity contribution is 7.14. The third kappa shape index (κ3) is 20.2. The molecular formula is C100H120F2N12O12S3. The van der Waals surface area contributed by atoms with Crippen LogP contribution in [0.15, 0.2) is 132 Å². The summed E-state index contributed by atoms with van der Waals surface area (Å²) < 4.78 is 29.0. The zero-order valence-electron chi connectivity index (χ0n) is 77.0. The number of amides is 9. The number of aromatic nitrogens is 3. The van der Waals surface area contributed by atoms with E-state index < -0.39 is 89.8 Å². The maximum Gasteiger partial charge on any atom is 0.258 e. The highest BCUT2D eigenvalue weighted by Crippen LogP contribution is 2.42. The predicted molar refractivity (Wildman–Crippen MR) is 496 cm³/mol. The van der Waals surface area contributed by atoms with Crippen LogP contribution in [0.25, 0.3) is 31.3 Å². The number of rotatable bonds is 21. The van der Waals surface area contributed by atoms with Crippen molar-refractivity contribution in [3.8, 4) is 31.3 Å². The molecule has 0 bridgehead atoms. The first-order valence-corrected chi connectivity index (χ1v) is 47.0. The van der Waals surface area contributed by atoms with E-state index in [1.54, 1.807) is 69.2 Å². The van der Waals surface area contributed by atoms with Crippen LogP contribution in [0.1, 0.15) is 234 Å². The van der Waals surface area contributed by atoms with Crippen LogP contribution in [0.4, 0.5) is 8.78 Å². The number of aryl methyl sites for hydroxylation is 3. The molecule has 6 aromatic carbocycles. The number of likely N-dealkylation sites (tertiary alicyclic amines) is 3. The molecule has 129 heavy (non-hydrogen) atoms. The summed E-state index contributed by atoms with van der Waals surface area (Å²) in [6.45, 7) is 39.4. The van der Waals surface area contributed by atoms with Crippen LogP contribution in [0.3, 0.4) is 0 Å². The molecular weight excluding hydrogens is 1700 g/mol. The van der Waals surface area contributed by atoms with E-state index in [1.807, 2.05) is 128 Å². The number of aliphatic hydroxyl groups excluding tert-OH is 3. The molecule has 9 amide bonds. The maximum atomic E-state index is 14.5. The number of hydrogen-bond donors (Lipinski definition) is 6. The molecule has 0 saturated carbocycles. The zero-order valence-corrected chi connectivity index (χ0v) is 79.5. The second-order valence-corrected chi connectivity index (χ2v) is 41.6. The molecule has 3 aromatic heterocycles. The van der Waals surface area contributed by atoms with Crippen molar-refractivity contribution in [1.82, 2.24) is 60.3 Å². The minimum absolute atomic E-state index is 0.0112. The lowest BCUT2D eigenvalue weighted by Crippen LogP contribution is -2.55. The van der Waals surface area contributed by atoms with Gasteiger partial charge < -0.3 is 60.7 Å². The summed E-state index contributed by atoms with van der Waals surface area (Å²) in [4.78, 5) is 148. The summed E-state index contributed by atoms with van der Waals surface area (Å²) in [5, 5.41) is 40.9. The molecule has 6 aliphatic heterocycles. The summed E-state index contributed by atoms with van der Waals surface area (Å²) in [7, 11) is 0. The van der Waals surface area contributed by atoms with Crippen LogP contribution in [0, 0.1) is 50.2 Å². The summed E-state index contributed by atoms with van der Waals surface area (Å²) in [6, 6.07) is 29.6. The number of halogens is 2. The van der Waals surface area contributed by atoms with Crippen LogP contribution in [-0.2, 0) is 77.7 Å². The summed E-state index contributed by atoms with van der Waals surface area (Å²) in [5.74, 6) is -5.44. The van der Waals surface area contributed by atoms with Crippen LogP contribution >= 0.6 is 34.0 Å². The second kappa shape index (κ2) is 38.7. The van der Waals surface area contributed by atoms with Crippen molar-refractivity contribution in [2.75, 3.05) is 19.6 Å². The van der Waals surface area contributed by atoms with Crippen molar-refractivity contribution in [3.05, 3.63) is 227 Å². The Hall–Kier alpha value is -10.8. The van der Waals surface area contributed by atoms with E-state index in [0.29, 0.717) is 23.2 Å². The molecule has 3 fully saturated rings. The molecule has 29 heteroatoms. The van der Waals surface area contributed by atoms with Gasteiger partial charge in [0.05, 0.1) is 83.7 Å². The lowest BCUT2D eigenvalue weighted by atomic mass is 9.81. The SMILES string of the molecule is Cc1ncsc1-c1ccc(C(C)NC(=O)C2CC(O)CN2C(=O)C(C(C)C)N2Cc3ccccc3C2=O)c(C(C)(C)C)c1.Cc1ncsc1-c1ccc(CNC(=O)C2CC(O)CN2C(=O)C(C(C)C)N2Cc3cccc(F)c3C2=O)c(C(C)(C)C)c1.Cc1ncsc1-c1ccc(CNC(=O)C2CC(O)CN2C(=O)C(C(C)C)N2Cc3cccc(F)c3C2=O)c(C(C)(C)C)c1. The number of aliphatic hydroxyl groups is 3. The fraction of sp³-hybridized carbons (Fsp3) is 0.460. The van der Waals surface area contributed by atoms with Gasteiger partial charge in [0.15, 0.2) is 0 Å². The normalized spacial score (nSPS) is 19.5. The van der Waals surface area contributed by atoms with Crippen LogP contribution in [-0.4, -0.2) is 187 Å². The van der Waals surface area contributed by atoms with Gasteiger partial charge in [0.1, 0.15) is 47.9 Å². The lowest BCUT2D eigenvalue weighted by molar-refractivity contribution is -0.143. The smallest absolute Gasteiger partial charge is 0.258 e. The van der Waals surface area contributed by atoms with Gasteiger partial charge in [-0.15, -0.1) is 34.0 Å². The van der Waals surface area contributed by atoms with Gasteiger partial charge in [-0.25, -0.2) is 23.7 Å². The zero-order chi connectivity index (χ0) is 93.6. The van der Waals surface area contributed by atoms with Gasteiger partial charge in [-0.05, 0) is 165 Å². The number of nitrogens with zero attached hydrogens (tertiary/aromatic N) is 9. The average molecular weight is 1820 g/mol. The van der Waals surface area contributed by atoms with Gasteiger partial charge in [0.25, 0.3) is 17.7 Å². The molecule has 684 valence electrons. The molecule has 15 rings (SSSR count). The Kier molecular flexibility index (Phi) is 28.7. The molecule has 24 nitrogen and oxygen atoms in total. The van der Waals surface area contributed by atoms with Gasteiger partial charge in [-0.1, -0.05) is 183 Å². The van der Waals surface area contributed by atoms with E-state index in [2.05, 4.69) is 124 Å². The van der Waals surface area contributed by atoms with Gasteiger partial charge >= 0.3 is 0 Å². The first-order valence-electron chi connectivity index (χ1n) is 44.3. The fourth-order valence-electron chi connectivity index (χ4n) is 19.0. The Morgan fingerprint density at radius 1 is 0.434 bits per heavy atom. The van der Waals surface area contributed by atoms with Crippen molar-refractivity contribution < 1.29 is 67.3 Å². The van der Waals surface area contributed by atoms with E-state index in [1.165, 1.54) is 36.6 Å². The van der Waals surface area contributed by atoms with Crippen molar-refractivity contribution in [2.24, 2.45) is 17.8 Å². The molecule has 9 heterocycles. The number of β-amino-alcohol motifs (C(OH)–C–C–N with tert-alkyl or cyclic N) is 3. The van der Waals surface area contributed by atoms with E-state index in [4.69, 9.17) is 0 Å². The molecule has 10 atom stereocenters. The van der Waals surface area contributed by atoms with E-state index >= 15 is 0 Å². The van der Waals surface area contributed by atoms with Gasteiger partial charge in [-0.3, -0.25) is 43.2 Å². The number of thiazole rings is 3. The van der Waals surface area contributed by atoms with Crippen molar-refractivity contribution in [3.63, 3.8) is 0 Å². The van der Waals surface area contributed by atoms with Gasteiger partial charge in [-0.2, -0.15) is 0 Å². The third-order valence-corrected chi connectivity index (χ3v) is 28.3. The molecule has 6 aliphatic rings. The van der Waals surface area contributed by atoms with Gasteiger partial charge in [0.2, 0.25) is 35.4 Å². The lowest BCUT2D eigenvalue weighted by Gasteiger charge is -2.35. The monoisotopic (exact) mass is 1810 g/mol. The largest absolute Gasteiger partial charge is 0.391 e. The van der Waals surface area contributed by atoms with Crippen molar-refractivity contribution in [2.45, 2.75) is 260 Å². The predicted octanol–water partition coefficient (Wildman–Crippen LogP) is 14.9. The Morgan fingerprint density at radius 2 is 0.767 bits per heavy atom. The van der Waals surface area contributed by atoms with Crippen molar-refractivity contribution in [1.29, 1.82) is 0 Å². The highest BCUT2D eigenvalue weighted by Gasteiger charge is 2.51. The maximum absolute atomic E-state index is 14.5. The quantitative estimate of drug-likeness (QED) is 0.0390. The first-order chi connectivity index (χ1) is 60.8. The second-order valence-electron chi connectivity index (χ2n) is 39.0. The standard InChI is InChI=1S/C34H42N4O4S.2C33H39FN4O4S/c1-19(2)29(38-16-23-10-8-9-11-26(23)32(38)41)33(42)37-17-24(39)15-28(37)31(40)36-20(3)25-13-12-22(14-27(25)34(5,6)7)30-21(4)35-18-43-30;2*1-18(2)28(38-15-22-8-7-9-25(34)27(22)31(38)41)32(42)37-16-23(39)13-26(37)30(40)35-14-21-11-10-20(12-24(21)33(4,5)6)29-19(3)36-17-43-29/h8-14,18-20,24,28-29,39H,15-17H2,1-7H3,(H,36,40);2*7-12,17-18,23,26,28,39H,13-16H2,1-6H3,(H,35,40). The number of carbonyl (C=O) groups is 9.